The molecular weight excluding hydrogens is 219 g/mol. The molecule has 92 valence electrons. The van der Waals surface area contributed by atoms with Crippen LogP contribution in [0.4, 0.5) is 4.39 Å². The lowest BCUT2D eigenvalue weighted by atomic mass is 10.1. The molecule has 17 heavy (non-hydrogen) atoms. The Morgan fingerprint density at radius 1 is 1.53 bits per heavy atom. The second-order valence-electron chi connectivity index (χ2n) is 4.46. The highest BCUT2D eigenvalue weighted by Crippen LogP contribution is 2.11. The first-order valence-electron chi connectivity index (χ1n) is 5.92. The van der Waals surface area contributed by atoms with Gasteiger partial charge in [0.1, 0.15) is 5.82 Å². The second kappa shape index (κ2) is 5.27. The molecule has 0 radical (unpaired) electrons. The molecule has 1 aromatic rings. The Bertz CT molecular complexity index is 402. The summed E-state index contributed by atoms with van der Waals surface area (Å²) in [7, 11) is 1.72. The summed E-state index contributed by atoms with van der Waals surface area (Å²) in [6.07, 6.45) is 2.22. The minimum absolute atomic E-state index is 0.146. The summed E-state index contributed by atoms with van der Waals surface area (Å²) in [5, 5.41) is 3.32. The molecule has 0 saturated carbocycles. The van der Waals surface area contributed by atoms with Crippen LogP contribution >= 0.6 is 0 Å². The number of likely N-dealkylation sites (N-methyl/N-ethyl adjacent to an activating group) is 1. The minimum Gasteiger partial charge on any atom is -0.340 e. The molecule has 1 atom stereocenters. The van der Waals surface area contributed by atoms with Crippen LogP contribution in [-0.2, 0) is 0 Å². The average molecular weight is 236 g/mol. The van der Waals surface area contributed by atoms with Gasteiger partial charge in [0, 0.05) is 19.6 Å². The number of hydrogen-bond donors (Lipinski definition) is 1. The quantitative estimate of drug-likeness (QED) is 0.865. The van der Waals surface area contributed by atoms with Crippen molar-refractivity contribution in [1.29, 1.82) is 0 Å². The first kappa shape index (κ1) is 12.0. The SMILES string of the molecule is CN(CC1CCCN1)C(=O)c1ccccc1F. The fourth-order valence-electron chi connectivity index (χ4n) is 2.17. The zero-order valence-electron chi connectivity index (χ0n) is 9.95. The van der Waals surface area contributed by atoms with Crippen molar-refractivity contribution in [2.24, 2.45) is 0 Å². The standard InChI is InChI=1S/C13H17FN2O/c1-16(9-10-5-4-8-15-10)13(17)11-6-2-3-7-12(11)14/h2-3,6-7,10,15H,4-5,8-9H2,1H3. The third-order valence-corrected chi connectivity index (χ3v) is 3.11. The predicted molar refractivity (Wildman–Crippen MR) is 64.4 cm³/mol. The number of nitrogens with zero attached hydrogens (tertiary/aromatic N) is 1. The largest absolute Gasteiger partial charge is 0.340 e. The zero-order chi connectivity index (χ0) is 12.3. The molecule has 0 aromatic heterocycles. The van der Waals surface area contributed by atoms with Crippen molar-refractivity contribution in [3.63, 3.8) is 0 Å². The van der Waals surface area contributed by atoms with E-state index in [4.69, 9.17) is 0 Å². The van der Waals surface area contributed by atoms with Crippen LogP contribution < -0.4 is 5.32 Å². The summed E-state index contributed by atoms with van der Waals surface area (Å²) >= 11 is 0. The summed E-state index contributed by atoms with van der Waals surface area (Å²) in [5.41, 5.74) is 0.146. The smallest absolute Gasteiger partial charge is 0.256 e. The number of carbonyl (C=O) groups excluding carboxylic acids is 1. The van der Waals surface area contributed by atoms with E-state index in [1.165, 1.54) is 12.1 Å². The number of carbonyl (C=O) groups is 1. The van der Waals surface area contributed by atoms with Gasteiger partial charge in [-0.2, -0.15) is 0 Å². The number of halogens is 1. The number of nitrogens with one attached hydrogen (secondary N) is 1. The molecule has 0 spiro atoms. The maximum Gasteiger partial charge on any atom is 0.256 e. The van der Waals surface area contributed by atoms with Gasteiger partial charge in [0.15, 0.2) is 0 Å². The summed E-state index contributed by atoms with van der Waals surface area (Å²) in [6, 6.07) is 6.45. The van der Waals surface area contributed by atoms with E-state index in [1.54, 1.807) is 24.1 Å². The third kappa shape index (κ3) is 2.82. The van der Waals surface area contributed by atoms with Gasteiger partial charge in [0.05, 0.1) is 5.56 Å². The van der Waals surface area contributed by atoms with E-state index in [-0.39, 0.29) is 11.5 Å². The molecule has 1 saturated heterocycles. The van der Waals surface area contributed by atoms with E-state index in [0.29, 0.717) is 12.6 Å². The highest BCUT2D eigenvalue weighted by Gasteiger charge is 2.21. The summed E-state index contributed by atoms with van der Waals surface area (Å²) < 4.78 is 13.5. The van der Waals surface area contributed by atoms with Crippen LogP contribution in [0.3, 0.4) is 0 Å². The van der Waals surface area contributed by atoms with Crippen LogP contribution in [0.1, 0.15) is 23.2 Å². The van der Waals surface area contributed by atoms with Gasteiger partial charge in [-0.1, -0.05) is 12.1 Å². The Morgan fingerprint density at radius 3 is 2.94 bits per heavy atom. The van der Waals surface area contributed by atoms with Gasteiger partial charge in [-0.3, -0.25) is 4.79 Å². The number of benzene rings is 1. The molecule has 0 bridgehead atoms. The van der Waals surface area contributed by atoms with Crippen molar-refractivity contribution in [2.75, 3.05) is 20.1 Å². The highest BCUT2D eigenvalue weighted by molar-refractivity contribution is 5.94. The summed E-state index contributed by atoms with van der Waals surface area (Å²) in [6.45, 7) is 1.64. The van der Waals surface area contributed by atoms with Gasteiger partial charge in [-0.15, -0.1) is 0 Å². The Labute approximate surface area is 101 Å². The molecule has 1 amide bonds. The zero-order valence-corrected chi connectivity index (χ0v) is 9.95. The molecule has 1 fully saturated rings. The molecule has 1 aliphatic heterocycles. The Hall–Kier alpha value is -1.42. The Morgan fingerprint density at radius 2 is 2.29 bits per heavy atom. The first-order valence-corrected chi connectivity index (χ1v) is 5.92. The van der Waals surface area contributed by atoms with Crippen molar-refractivity contribution in [1.82, 2.24) is 10.2 Å². The molecule has 1 N–H and O–H groups in total. The second-order valence-corrected chi connectivity index (χ2v) is 4.46. The van der Waals surface area contributed by atoms with Gasteiger partial charge in [-0.05, 0) is 31.5 Å². The van der Waals surface area contributed by atoms with Gasteiger partial charge in [0.2, 0.25) is 0 Å². The van der Waals surface area contributed by atoms with Gasteiger partial charge < -0.3 is 10.2 Å². The lowest BCUT2D eigenvalue weighted by Crippen LogP contribution is -2.38. The topological polar surface area (TPSA) is 32.3 Å². The number of amides is 1. The molecule has 0 aliphatic carbocycles. The van der Waals surface area contributed by atoms with Gasteiger partial charge in [0.25, 0.3) is 5.91 Å². The third-order valence-electron chi connectivity index (χ3n) is 3.11. The van der Waals surface area contributed by atoms with Crippen LogP contribution in [-0.4, -0.2) is 37.0 Å². The molecule has 2 rings (SSSR count). The van der Waals surface area contributed by atoms with E-state index in [9.17, 15) is 9.18 Å². The fourth-order valence-corrected chi connectivity index (χ4v) is 2.17. The highest BCUT2D eigenvalue weighted by atomic mass is 19.1. The maximum atomic E-state index is 13.5. The van der Waals surface area contributed by atoms with Crippen LogP contribution in [0.5, 0.6) is 0 Å². The Balaban J connectivity index is 2.01. The summed E-state index contributed by atoms with van der Waals surface area (Å²) in [4.78, 5) is 13.6. The molecule has 1 unspecified atom stereocenters. The van der Waals surface area contributed by atoms with Crippen molar-refractivity contribution in [3.8, 4) is 0 Å². The summed E-state index contributed by atoms with van der Waals surface area (Å²) in [5.74, 6) is -0.708. The van der Waals surface area contributed by atoms with Crippen molar-refractivity contribution >= 4 is 5.91 Å². The lowest BCUT2D eigenvalue weighted by molar-refractivity contribution is 0.0779. The molecule has 1 aliphatic rings. The number of hydrogen-bond acceptors (Lipinski definition) is 2. The van der Waals surface area contributed by atoms with Crippen LogP contribution in [0.25, 0.3) is 0 Å². The molecular formula is C13H17FN2O. The average Bonchev–Trinajstić information content (AvgIpc) is 2.81. The fraction of sp³-hybridized carbons (Fsp3) is 0.462. The van der Waals surface area contributed by atoms with Gasteiger partial charge in [-0.25, -0.2) is 4.39 Å². The van der Waals surface area contributed by atoms with Crippen LogP contribution in [0.15, 0.2) is 24.3 Å². The van der Waals surface area contributed by atoms with E-state index in [1.807, 2.05) is 0 Å². The van der Waals surface area contributed by atoms with Crippen molar-refractivity contribution < 1.29 is 9.18 Å². The molecule has 4 heteroatoms. The monoisotopic (exact) mass is 236 g/mol. The first-order chi connectivity index (χ1) is 8.18. The van der Waals surface area contributed by atoms with Crippen molar-refractivity contribution in [3.05, 3.63) is 35.6 Å². The predicted octanol–water partition coefficient (Wildman–Crippen LogP) is 1.65. The molecule has 1 heterocycles. The lowest BCUT2D eigenvalue weighted by Gasteiger charge is -2.21. The van der Waals surface area contributed by atoms with Crippen LogP contribution in [0, 0.1) is 5.82 Å². The van der Waals surface area contributed by atoms with Crippen molar-refractivity contribution in [2.45, 2.75) is 18.9 Å². The normalized spacial score (nSPS) is 19.3. The van der Waals surface area contributed by atoms with Crippen LogP contribution in [0.2, 0.25) is 0 Å². The van der Waals surface area contributed by atoms with E-state index in [2.05, 4.69) is 5.32 Å². The van der Waals surface area contributed by atoms with E-state index < -0.39 is 5.82 Å². The van der Waals surface area contributed by atoms with Gasteiger partial charge >= 0.3 is 0 Å². The molecule has 3 nitrogen and oxygen atoms in total. The van der Waals surface area contributed by atoms with E-state index in [0.717, 1.165) is 19.4 Å². The number of rotatable bonds is 3. The maximum absolute atomic E-state index is 13.5. The molecule has 1 aromatic carbocycles. The Kier molecular flexibility index (Phi) is 3.74. The van der Waals surface area contributed by atoms with E-state index >= 15 is 0 Å². The minimum atomic E-state index is -0.455.